The van der Waals surface area contributed by atoms with Gasteiger partial charge in [-0.25, -0.2) is 0 Å². The summed E-state index contributed by atoms with van der Waals surface area (Å²) in [6.45, 7) is 23.2. The number of allylic oxidation sites excluding steroid dienone is 2. The minimum atomic E-state index is -0.278. The Bertz CT molecular complexity index is 6800. The zero-order valence-electron chi connectivity index (χ0n) is 65.1. The Hall–Kier alpha value is -12.9. The molecule has 21 rings (SSSR count). The highest BCUT2D eigenvalue weighted by molar-refractivity contribution is 7.00. The zero-order valence-corrected chi connectivity index (χ0v) is 65.1. The van der Waals surface area contributed by atoms with Crippen molar-refractivity contribution in [3.05, 3.63) is 349 Å². The maximum absolute atomic E-state index is 6.58. The van der Waals surface area contributed by atoms with Gasteiger partial charge in [-0.3, -0.25) is 0 Å². The smallest absolute Gasteiger partial charge is 0.252 e. The summed E-state index contributed by atoms with van der Waals surface area (Å²) >= 11 is 0. The lowest BCUT2D eigenvalue weighted by Gasteiger charge is -2.46. The lowest BCUT2D eigenvalue weighted by atomic mass is 9.33. The molecule has 0 saturated heterocycles. The van der Waals surface area contributed by atoms with Crippen LogP contribution in [0.15, 0.2) is 332 Å². The van der Waals surface area contributed by atoms with Gasteiger partial charge in [0.05, 0.1) is 27.9 Å². The average Bonchev–Trinajstić information content (AvgIpc) is 0.879. The summed E-state index contributed by atoms with van der Waals surface area (Å²) in [4.78, 5) is 8.01. The van der Waals surface area contributed by atoms with E-state index in [-0.39, 0.29) is 23.0 Å². The van der Waals surface area contributed by atoms with E-state index >= 15 is 0 Å². The molecule has 0 fully saturated rings. The maximum Gasteiger partial charge on any atom is 0.252 e. The minimum absolute atomic E-state index is 0.0193. The fraction of sp³-hybridized carbons (Fsp3) is 0.132. The standard InChI is InChI=1S/C106H85BN4O/c1-65-42-43-73-54-75(104(2,3)4)47-52-91(73)108(65)78-48-50-90-95(64-78)111(103-85(68-32-19-13-20-33-68)62-77(106(8,9)10)63-86(103)69-34-21-14-22-35-69)97-59-74(71-45-51-93-87(55-71)82-39-27-38-81-79-36-23-25-40-92(79)109(93)101(81)82)58-96-100(97)107(90)89-49-44-72(70-46-53-99-88(56-70)80-37-24-26-41-98(80)112-99)57-94(89)110(96)102-83(66-28-15-11-16-29-66)60-76(105(5,6)7)61-84(102)67-30-17-12-18-31-67/h11-42,44-64H,43H2,1-10H3. The van der Waals surface area contributed by atoms with Crippen LogP contribution in [0.25, 0.3) is 127 Å². The fourth-order valence-electron chi connectivity index (χ4n) is 18.7. The molecule has 538 valence electrons. The van der Waals surface area contributed by atoms with Crippen LogP contribution in [0.2, 0.25) is 0 Å². The van der Waals surface area contributed by atoms with E-state index in [1.807, 2.05) is 0 Å². The lowest BCUT2D eigenvalue weighted by Crippen LogP contribution is -2.61. The lowest BCUT2D eigenvalue weighted by molar-refractivity contribution is 0.589. The number of nitrogens with zero attached hydrogens (tertiary/aromatic N) is 4. The Kier molecular flexibility index (Phi) is 15.0. The van der Waals surface area contributed by atoms with Crippen molar-refractivity contribution < 1.29 is 4.42 Å². The van der Waals surface area contributed by atoms with Crippen LogP contribution in [0.5, 0.6) is 0 Å². The Morgan fingerprint density at radius 2 is 0.750 bits per heavy atom. The summed E-state index contributed by atoms with van der Waals surface area (Å²) < 4.78 is 9.09. The van der Waals surface area contributed by atoms with E-state index in [4.69, 9.17) is 4.42 Å². The van der Waals surface area contributed by atoms with Gasteiger partial charge in [0.2, 0.25) is 0 Å². The Morgan fingerprint density at radius 1 is 0.304 bits per heavy atom. The molecule has 0 amide bonds. The van der Waals surface area contributed by atoms with Crippen LogP contribution in [0.3, 0.4) is 0 Å². The third kappa shape index (κ3) is 10.6. The van der Waals surface area contributed by atoms with Crippen LogP contribution in [-0.4, -0.2) is 11.1 Å². The van der Waals surface area contributed by atoms with Gasteiger partial charge in [-0.05, 0) is 210 Å². The topological polar surface area (TPSA) is 27.3 Å². The molecule has 3 aliphatic rings. The van der Waals surface area contributed by atoms with E-state index < -0.39 is 0 Å². The number of hydrogen-bond acceptors (Lipinski definition) is 4. The number of aromatic nitrogens is 1. The summed E-state index contributed by atoms with van der Waals surface area (Å²) in [5, 5.41) is 7.20. The second kappa shape index (κ2) is 25.1. The first kappa shape index (κ1) is 67.2. The van der Waals surface area contributed by atoms with Gasteiger partial charge in [0.1, 0.15) is 11.2 Å². The fourth-order valence-corrected chi connectivity index (χ4v) is 18.7. The summed E-state index contributed by atoms with van der Waals surface area (Å²) in [5.41, 5.74) is 37.7. The molecule has 0 bridgehead atoms. The molecule has 6 heteroatoms. The molecule has 5 nitrogen and oxygen atoms in total. The van der Waals surface area contributed by atoms with Gasteiger partial charge in [0.25, 0.3) is 6.71 Å². The molecule has 3 aromatic heterocycles. The second-order valence-corrected chi connectivity index (χ2v) is 34.4. The van der Waals surface area contributed by atoms with Crippen molar-refractivity contribution in [1.82, 2.24) is 4.40 Å². The number of para-hydroxylation sites is 3. The molecule has 3 aliphatic heterocycles. The molecule has 0 spiro atoms. The van der Waals surface area contributed by atoms with Crippen LogP contribution in [0, 0.1) is 0 Å². The Balaban J connectivity index is 0.942. The van der Waals surface area contributed by atoms with Crippen LogP contribution in [0.1, 0.15) is 91.5 Å². The number of fused-ring (bicyclic) bond motifs is 14. The monoisotopic (exact) mass is 1440 g/mol. The molecule has 6 heterocycles. The molecule has 0 saturated carbocycles. The quantitative estimate of drug-likeness (QED) is 0.135. The van der Waals surface area contributed by atoms with Gasteiger partial charge in [-0.15, -0.1) is 0 Å². The second-order valence-electron chi connectivity index (χ2n) is 34.4. The van der Waals surface area contributed by atoms with Gasteiger partial charge < -0.3 is 23.5 Å². The third-order valence-electron chi connectivity index (χ3n) is 24.5. The number of rotatable bonds is 9. The van der Waals surface area contributed by atoms with E-state index in [9.17, 15) is 0 Å². The average molecular weight is 1440 g/mol. The van der Waals surface area contributed by atoms with Gasteiger partial charge in [0, 0.05) is 94.4 Å². The van der Waals surface area contributed by atoms with Crippen molar-refractivity contribution >= 4 is 129 Å². The molecule has 18 aromatic rings. The molecule has 15 aromatic carbocycles. The van der Waals surface area contributed by atoms with E-state index in [1.165, 1.54) is 88.1 Å². The largest absolute Gasteiger partial charge is 0.456 e. The summed E-state index contributed by atoms with van der Waals surface area (Å²) in [6.07, 6.45) is 3.29. The molecule has 0 radical (unpaired) electrons. The molecule has 0 unspecified atom stereocenters. The number of hydrogen-bond donors (Lipinski definition) is 0. The third-order valence-corrected chi connectivity index (χ3v) is 24.5. The van der Waals surface area contributed by atoms with Crippen molar-refractivity contribution in [3.63, 3.8) is 0 Å². The van der Waals surface area contributed by atoms with Crippen molar-refractivity contribution in [2.45, 2.75) is 91.9 Å². The molecular weight excluding hydrogens is 1360 g/mol. The molecule has 0 N–H and O–H groups in total. The molecule has 112 heavy (non-hydrogen) atoms. The number of anilines is 8. The first-order valence-corrected chi connectivity index (χ1v) is 39.7. The van der Waals surface area contributed by atoms with Gasteiger partial charge in [0.15, 0.2) is 0 Å². The van der Waals surface area contributed by atoms with Crippen LogP contribution in [0.4, 0.5) is 45.5 Å². The Labute approximate surface area is 656 Å². The normalized spacial score (nSPS) is 13.6. The highest BCUT2D eigenvalue weighted by Crippen LogP contribution is 2.57. The van der Waals surface area contributed by atoms with E-state index in [1.54, 1.807) is 0 Å². The summed E-state index contributed by atoms with van der Waals surface area (Å²) in [5.74, 6) is 0. The van der Waals surface area contributed by atoms with E-state index in [0.29, 0.717) is 0 Å². The first-order chi connectivity index (χ1) is 54.4. The van der Waals surface area contributed by atoms with Crippen molar-refractivity contribution in [3.8, 4) is 66.8 Å². The minimum Gasteiger partial charge on any atom is -0.456 e. The predicted octanol–water partition coefficient (Wildman–Crippen LogP) is 27.3. The Morgan fingerprint density at radius 3 is 1.33 bits per heavy atom. The summed E-state index contributed by atoms with van der Waals surface area (Å²) in [7, 11) is 0. The van der Waals surface area contributed by atoms with Gasteiger partial charge in [-0.1, -0.05) is 287 Å². The highest BCUT2D eigenvalue weighted by Gasteiger charge is 2.47. The molecule has 0 atom stereocenters. The van der Waals surface area contributed by atoms with E-state index in [2.05, 4.69) is 410 Å². The van der Waals surface area contributed by atoms with Gasteiger partial charge >= 0.3 is 0 Å². The van der Waals surface area contributed by atoms with Crippen LogP contribution >= 0.6 is 0 Å². The number of furan rings is 1. The van der Waals surface area contributed by atoms with Crippen molar-refractivity contribution in [2.75, 3.05) is 14.7 Å². The van der Waals surface area contributed by atoms with Crippen LogP contribution < -0.4 is 31.1 Å². The predicted molar refractivity (Wildman–Crippen MR) is 477 cm³/mol. The van der Waals surface area contributed by atoms with E-state index in [0.717, 1.165) is 135 Å². The molecular formula is C106H85BN4O. The SMILES string of the molecule is CC1=CCc2cc(C(C)(C)C)ccc2N1c1ccc2c(c1)N(c1c(-c3ccccc3)cc(C(C)(C)C)cc1-c1ccccc1)c1cc(-c3ccc4c(c3)c3cccc5c6ccccc6n4c53)cc3c1B2c1ccc(-c2ccc4oc5ccccc5c4c2)cc1N3c1c(-c2ccccc2)cc(C(C)(C)C)cc1-c1ccccc1. The van der Waals surface area contributed by atoms with Crippen molar-refractivity contribution in [2.24, 2.45) is 0 Å². The summed E-state index contributed by atoms with van der Waals surface area (Å²) in [6, 6.07) is 121. The number of benzene rings is 15. The zero-order chi connectivity index (χ0) is 75.8. The van der Waals surface area contributed by atoms with Crippen LogP contribution in [-0.2, 0) is 22.7 Å². The van der Waals surface area contributed by atoms with Crippen molar-refractivity contribution in [1.29, 1.82) is 0 Å². The molecule has 0 aliphatic carbocycles. The van der Waals surface area contributed by atoms with Gasteiger partial charge in [-0.2, -0.15) is 0 Å². The maximum atomic E-state index is 6.58. The highest BCUT2D eigenvalue weighted by atomic mass is 16.3. The first-order valence-electron chi connectivity index (χ1n) is 39.7.